The average Bonchev–Trinajstić information content (AvgIpc) is 2.77. The number of aliphatic carboxylic acids is 1. The molecule has 0 aromatic rings. The van der Waals surface area contributed by atoms with Gasteiger partial charge in [-0.2, -0.15) is 0 Å². The molecule has 0 aromatic heterocycles. The topological polar surface area (TPSA) is 90.0 Å². The van der Waals surface area contributed by atoms with Gasteiger partial charge in [-0.1, -0.05) is 0 Å². The van der Waals surface area contributed by atoms with Crippen molar-refractivity contribution in [2.45, 2.75) is 25.8 Å². The van der Waals surface area contributed by atoms with Gasteiger partial charge in [0.2, 0.25) is 5.91 Å². The summed E-state index contributed by atoms with van der Waals surface area (Å²) >= 11 is 0. The number of carbonyl (C=O) groups excluding carboxylic acids is 2. The first-order valence-corrected chi connectivity index (χ1v) is 6.59. The normalized spacial score (nSPS) is 25.7. The summed E-state index contributed by atoms with van der Waals surface area (Å²) in [5.41, 5.74) is 0. The van der Waals surface area contributed by atoms with Gasteiger partial charge in [-0.25, -0.2) is 4.79 Å². The van der Waals surface area contributed by atoms with Gasteiger partial charge in [0.05, 0.1) is 12.0 Å². The number of fused-ring (bicyclic) bond motifs is 1. The van der Waals surface area contributed by atoms with Crippen LogP contribution in [0.25, 0.3) is 0 Å². The van der Waals surface area contributed by atoms with Crippen LogP contribution in [0, 0.1) is 5.92 Å². The van der Waals surface area contributed by atoms with E-state index in [1.54, 1.807) is 11.8 Å². The number of carboxylic acids is 1. The lowest BCUT2D eigenvalue weighted by Gasteiger charge is -2.38. The van der Waals surface area contributed by atoms with Gasteiger partial charge in [0.15, 0.2) is 0 Å². The molecule has 0 saturated carbocycles. The van der Waals surface area contributed by atoms with Crippen LogP contribution in [0.1, 0.15) is 19.8 Å². The van der Waals surface area contributed by atoms with Crippen LogP contribution in [0.4, 0.5) is 4.79 Å². The molecule has 2 saturated heterocycles. The van der Waals surface area contributed by atoms with E-state index in [0.29, 0.717) is 19.6 Å². The van der Waals surface area contributed by atoms with Gasteiger partial charge in [0, 0.05) is 19.6 Å². The maximum atomic E-state index is 12.4. The Balaban J connectivity index is 2.09. The fourth-order valence-electron chi connectivity index (χ4n) is 2.85. The molecule has 2 fully saturated rings. The molecule has 7 heteroatoms. The monoisotopic (exact) mass is 269 g/mol. The molecule has 0 radical (unpaired) electrons. The summed E-state index contributed by atoms with van der Waals surface area (Å²) in [6.07, 6.45) is 1.58. The van der Waals surface area contributed by atoms with Crippen LogP contribution < -0.4 is 5.32 Å². The third kappa shape index (κ3) is 2.64. The summed E-state index contributed by atoms with van der Waals surface area (Å²) in [7, 11) is 0. The molecule has 2 heterocycles. The first kappa shape index (κ1) is 13.6. The van der Waals surface area contributed by atoms with Gasteiger partial charge in [-0.05, 0) is 19.8 Å². The summed E-state index contributed by atoms with van der Waals surface area (Å²) in [6.45, 7) is 2.86. The standard InChI is InChI=1S/C12H19N3O4/c1-2-14(7-10(16)17)12(19)15-5-3-4-8-9(15)6-13-11(8)18/h8-9H,2-7H2,1H3,(H,13,18)(H,16,17). The van der Waals surface area contributed by atoms with Crippen molar-refractivity contribution in [1.82, 2.24) is 15.1 Å². The summed E-state index contributed by atoms with van der Waals surface area (Å²) in [6, 6.07) is -0.410. The summed E-state index contributed by atoms with van der Waals surface area (Å²) in [4.78, 5) is 37.7. The number of nitrogens with one attached hydrogen (secondary N) is 1. The van der Waals surface area contributed by atoms with E-state index in [1.165, 1.54) is 4.90 Å². The van der Waals surface area contributed by atoms with Crippen LogP contribution in [0.5, 0.6) is 0 Å². The van der Waals surface area contributed by atoms with Crippen molar-refractivity contribution in [3.63, 3.8) is 0 Å². The lowest BCUT2D eigenvalue weighted by Crippen LogP contribution is -2.54. The first-order valence-electron chi connectivity index (χ1n) is 6.59. The summed E-state index contributed by atoms with van der Waals surface area (Å²) in [5, 5.41) is 11.6. The van der Waals surface area contributed by atoms with Crippen LogP contribution >= 0.6 is 0 Å². The van der Waals surface area contributed by atoms with Crippen LogP contribution in [0.2, 0.25) is 0 Å². The molecule has 2 aliphatic heterocycles. The zero-order valence-electron chi connectivity index (χ0n) is 11.0. The fourth-order valence-corrected chi connectivity index (χ4v) is 2.85. The lowest BCUT2D eigenvalue weighted by molar-refractivity contribution is -0.138. The molecular weight excluding hydrogens is 250 g/mol. The minimum Gasteiger partial charge on any atom is -0.480 e. The van der Waals surface area contributed by atoms with Gasteiger partial charge in [0.1, 0.15) is 6.54 Å². The van der Waals surface area contributed by atoms with Crippen molar-refractivity contribution in [2.75, 3.05) is 26.2 Å². The van der Waals surface area contributed by atoms with Gasteiger partial charge in [-0.15, -0.1) is 0 Å². The Kier molecular flexibility index (Phi) is 3.92. The van der Waals surface area contributed by atoms with E-state index in [-0.39, 0.29) is 30.4 Å². The lowest BCUT2D eigenvalue weighted by atomic mass is 9.92. The number of amides is 3. The molecular formula is C12H19N3O4. The molecule has 2 aliphatic rings. The summed E-state index contributed by atoms with van der Waals surface area (Å²) in [5.74, 6) is -1.16. The first-order chi connectivity index (χ1) is 9.04. The number of rotatable bonds is 3. The molecule has 2 rings (SSSR count). The van der Waals surface area contributed by atoms with E-state index in [1.807, 2.05) is 0 Å². The zero-order chi connectivity index (χ0) is 14.0. The highest BCUT2D eigenvalue weighted by Crippen LogP contribution is 2.28. The van der Waals surface area contributed by atoms with Gasteiger partial charge in [-0.3, -0.25) is 9.59 Å². The number of piperidine rings is 1. The molecule has 106 valence electrons. The molecule has 0 aliphatic carbocycles. The Labute approximate surface area is 111 Å². The highest BCUT2D eigenvalue weighted by Gasteiger charge is 2.43. The molecule has 0 aromatic carbocycles. The van der Waals surface area contributed by atoms with Crippen LogP contribution in [0.15, 0.2) is 0 Å². The molecule has 2 N–H and O–H groups in total. The number of likely N-dealkylation sites (tertiary alicyclic amines) is 1. The number of urea groups is 1. The molecule has 7 nitrogen and oxygen atoms in total. The number of hydrogen-bond donors (Lipinski definition) is 2. The van der Waals surface area contributed by atoms with Crippen LogP contribution in [-0.2, 0) is 9.59 Å². The molecule has 0 spiro atoms. The SMILES string of the molecule is CCN(CC(=O)O)C(=O)N1CCCC2C(=O)NCC21. The van der Waals surface area contributed by atoms with Crippen molar-refractivity contribution in [3.05, 3.63) is 0 Å². The zero-order valence-corrected chi connectivity index (χ0v) is 11.0. The van der Waals surface area contributed by atoms with Gasteiger partial charge >= 0.3 is 12.0 Å². The smallest absolute Gasteiger partial charge is 0.323 e. The van der Waals surface area contributed by atoms with Crippen molar-refractivity contribution in [3.8, 4) is 0 Å². The van der Waals surface area contributed by atoms with Gasteiger partial charge < -0.3 is 20.2 Å². The Bertz CT molecular complexity index is 398. The maximum absolute atomic E-state index is 12.4. The Hall–Kier alpha value is -1.79. The van der Waals surface area contributed by atoms with Crippen molar-refractivity contribution >= 4 is 17.9 Å². The second-order valence-corrected chi connectivity index (χ2v) is 4.95. The molecule has 3 amide bonds. The highest BCUT2D eigenvalue weighted by atomic mass is 16.4. The largest absolute Gasteiger partial charge is 0.480 e. The molecule has 2 atom stereocenters. The Morgan fingerprint density at radius 3 is 2.89 bits per heavy atom. The minimum absolute atomic E-state index is 0.00350. The van der Waals surface area contributed by atoms with E-state index in [2.05, 4.69) is 5.32 Å². The van der Waals surface area contributed by atoms with Crippen molar-refractivity contribution < 1.29 is 19.5 Å². The summed E-state index contributed by atoms with van der Waals surface area (Å²) < 4.78 is 0. The van der Waals surface area contributed by atoms with Crippen molar-refractivity contribution in [1.29, 1.82) is 0 Å². The van der Waals surface area contributed by atoms with E-state index in [0.717, 1.165) is 12.8 Å². The van der Waals surface area contributed by atoms with E-state index in [4.69, 9.17) is 5.11 Å². The predicted octanol–water partition coefficient (Wildman–Crippen LogP) is -0.277. The number of likely N-dealkylation sites (N-methyl/N-ethyl adjacent to an activating group) is 1. The predicted molar refractivity (Wildman–Crippen MR) is 66.5 cm³/mol. The maximum Gasteiger partial charge on any atom is 0.323 e. The van der Waals surface area contributed by atoms with E-state index >= 15 is 0 Å². The van der Waals surface area contributed by atoms with E-state index in [9.17, 15) is 14.4 Å². The Morgan fingerprint density at radius 1 is 1.53 bits per heavy atom. The molecule has 0 bridgehead atoms. The highest BCUT2D eigenvalue weighted by molar-refractivity contribution is 5.85. The third-order valence-corrected chi connectivity index (χ3v) is 3.83. The van der Waals surface area contributed by atoms with Crippen LogP contribution in [0.3, 0.4) is 0 Å². The Morgan fingerprint density at radius 2 is 2.26 bits per heavy atom. The second-order valence-electron chi connectivity index (χ2n) is 4.95. The van der Waals surface area contributed by atoms with Crippen LogP contribution in [-0.4, -0.2) is 65.0 Å². The van der Waals surface area contributed by atoms with Crippen molar-refractivity contribution in [2.24, 2.45) is 5.92 Å². The number of hydrogen-bond acceptors (Lipinski definition) is 3. The third-order valence-electron chi connectivity index (χ3n) is 3.83. The molecule has 2 unspecified atom stereocenters. The van der Waals surface area contributed by atoms with Gasteiger partial charge in [0.25, 0.3) is 0 Å². The number of carboxylic acid groups (broad SMARTS) is 1. The quantitative estimate of drug-likeness (QED) is 0.737. The minimum atomic E-state index is -1.02. The van der Waals surface area contributed by atoms with E-state index < -0.39 is 5.97 Å². The average molecular weight is 269 g/mol. The number of carbonyl (C=O) groups is 3. The number of nitrogens with zero attached hydrogens (tertiary/aromatic N) is 2. The second kappa shape index (κ2) is 5.46. The molecule has 19 heavy (non-hydrogen) atoms. The fraction of sp³-hybridized carbons (Fsp3) is 0.750.